The van der Waals surface area contributed by atoms with E-state index in [4.69, 9.17) is 21.1 Å². The van der Waals surface area contributed by atoms with E-state index in [0.717, 1.165) is 12.8 Å². The van der Waals surface area contributed by atoms with Gasteiger partial charge in [0.25, 0.3) is 0 Å². The van der Waals surface area contributed by atoms with Gasteiger partial charge in [-0.25, -0.2) is 4.79 Å². The number of halogens is 2. The maximum Gasteiger partial charge on any atom is 0.347 e. The van der Waals surface area contributed by atoms with Crippen LogP contribution in [-0.4, -0.2) is 18.7 Å². The Morgan fingerprint density at radius 2 is 2.22 bits per heavy atom. The highest BCUT2D eigenvalue weighted by atomic mass is 79.9. The van der Waals surface area contributed by atoms with Crippen LogP contribution in [0.5, 0.6) is 5.75 Å². The van der Waals surface area contributed by atoms with E-state index in [9.17, 15) is 4.79 Å². The number of carbonyl (C=O) groups excluding carboxylic acids is 1. The molecule has 3 nitrogen and oxygen atoms in total. The van der Waals surface area contributed by atoms with E-state index in [1.54, 1.807) is 25.1 Å². The smallest absolute Gasteiger partial charge is 0.347 e. The minimum Gasteiger partial charge on any atom is -0.478 e. The summed E-state index contributed by atoms with van der Waals surface area (Å²) in [6, 6.07) is 5.13. The molecule has 0 aliphatic rings. The highest BCUT2D eigenvalue weighted by Gasteiger charge is 2.17. The number of esters is 1. The number of hydrogen-bond acceptors (Lipinski definition) is 3. The minimum absolute atomic E-state index is 0.356. The summed E-state index contributed by atoms with van der Waals surface area (Å²) in [4.78, 5) is 11.6. The third-order valence-corrected chi connectivity index (χ3v) is 3.13. The van der Waals surface area contributed by atoms with E-state index in [1.165, 1.54) is 0 Å². The average molecular weight is 336 g/mol. The Hall–Kier alpha value is -0.740. The summed E-state index contributed by atoms with van der Waals surface area (Å²) in [6.45, 7) is 4.14. The Morgan fingerprint density at radius 3 is 2.83 bits per heavy atom. The fourth-order valence-corrected chi connectivity index (χ4v) is 2.02. The van der Waals surface area contributed by atoms with Crippen molar-refractivity contribution in [1.82, 2.24) is 0 Å². The van der Waals surface area contributed by atoms with Gasteiger partial charge in [0.2, 0.25) is 0 Å². The Kier molecular flexibility index (Phi) is 6.50. The maximum atomic E-state index is 11.6. The number of ether oxygens (including phenoxy) is 2. The Balaban J connectivity index is 2.53. The van der Waals surface area contributed by atoms with Crippen LogP contribution in [0.25, 0.3) is 0 Å². The summed E-state index contributed by atoms with van der Waals surface area (Å²) in [5.41, 5.74) is 0. The first-order valence-corrected chi connectivity index (χ1v) is 7.00. The molecule has 0 saturated heterocycles. The van der Waals surface area contributed by atoms with E-state index in [1.807, 2.05) is 6.92 Å². The number of unbranched alkanes of at least 4 members (excludes halogenated alkanes) is 1. The molecule has 18 heavy (non-hydrogen) atoms. The van der Waals surface area contributed by atoms with Gasteiger partial charge in [-0.2, -0.15) is 0 Å². The van der Waals surface area contributed by atoms with Crippen LogP contribution in [0.15, 0.2) is 22.7 Å². The first-order chi connectivity index (χ1) is 8.54. The van der Waals surface area contributed by atoms with Gasteiger partial charge in [0.1, 0.15) is 5.75 Å². The van der Waals surface area contributed by atoms with E-state index in [0.29, 0.717) is 21.9 Å². The van der Waals surface area contributed by atoms with Gasteiger partial charge in [0.05, 0.1) is 11.1 Å². The van der Waals surface area contributed by atoms with Crippen molar-refractivity contribution in [3.05, 3.63) is 27.7 Å². The van der Waals surface area contributed by atoms with Gasteiger partial charge in [-0.3, -0.25) is 0 Å². The number of carbonyl (C=O) groups is 1. The van der Waals surface area contributed by atoms with Crippen molar-refractivity contribution in [3.63, 3.8) is 0 Å². The molecule has 0 aliphatic heterocycles. The first kappa shape index (κ1) is 15.3. The molecule has 1 unspecified atom stereocenters. The Bertz CT molecular complexity index is 409. The van der Waals surface area contributed by atoms with Gasteiger partial charge in [-0.05, 0) is 47.5 Å². The molecule has 1 aromatic carbocycles. The zero-order chi connectivity index (χ0) is 13.5. The van der Waals surface area contributed by atoms with Crippen molar-refractivity contribution in [1.29, 1.82) is 0 Å². The zero-order valence-electron chi connectivity index (χ0n) is 10.4. The molecule has 0 fully saturated rings. The predicted octanol–water partition coefficient (Wildman–Crippen LogP) is 4.21. The lowest BCUT2D eigenvalue weighted by molar-refractivity contribution is -0.151. The quantitative estimate of drug-likeness (QED) is 0.577. The van der Waals surface area contributed by atoms with Gasteiger partial charge in [0, 0.05) is 5.02 Å². The van der Waals surface area contributed by atoms with Gasteiger partial charge in [-0.15, -0.1) is 0 Å². The molecule has 0 heterocycles. The molecule has 0 amide bonds. The van der Waals surface area contributed by atoms with Crippen molar-refractivity contribution >= 4 is 33.5 Å². The topological polar surface area (TPSA) is 35.5 Å². The second-order valence-electron chi connectivity index (χ2n) is 3.86. The van der Waals surface area contributed by atoms with E-state index >= 15 is 0 Å². The van der Waals surface area contributed by atoms with Gasteiger partial charge >= 0.3 is 5.97 Å². The van der Waals surface area contributed by atoms with Crippen LogP contribution in [0.1, 0.15) is 26.7 Å². The normalized spacial score (nSPS) is 12.0. The number of rotatable bonds is 6. The minimum atomic E-state index is -0.640. The standard InChI is InChI=1S/C13H16BrClO3/c1-3-4-7-17-13(16)9(2)18-12-6-5-10(15)8-11(12)14/h5-6,8-9H,3-4,7H2,1-2H3. The van der Waals surface area contributed by atoms with Crippen LogP contribution in [0.4, 0.5) is 0 Å². The fraction of sp³-hybridized carbons (Fsp3) is 0.462. The predicted molar refractivity (Wildman–Crippen MR) is 75.1 cm³/mol. The molecular weight excluding hydrogens is 319 g/mol. The molecule has 5 heteroatoms. The summed E-state index contributed by atoms with van der Waals surface area (Å²) in [7, 11) is 0. The molecule has 0 saturated carbocycles. The Morgan fingerprint density at radius 1 is 1.50 bits per heavy atom. The third kappa shape index (κ3) is 4.86. The zero-order valence-corrected chi connectivity index (χ0v) is 12.8. The molecule has 0 aliphatic carbocycles. The van der Waals surface area contributed by atoms with Crippen LogP contribution in [-0.2, 0) is 9.53 Å². The molecule has 0 radical (unpaired) electrons. The van der Waals surface area contributed by atoms with E-state index in [-0.39, 0.29) is 5.97 Å². The second-order valence-corrected chi connectivity index (χ2v) is 5.15. The maximum absolute atomic E-state index is 11.6. The molecule has 1 rings (SSSR count). The molecule has 0 aromatic heterocycles. The highest BCUT2D eigenvalue weighted by Crippen LogP contribution is 2.28. The van der Waals surface area contributed by atoms with Gasteiger partial charge in [-0.1, -0.05) is 24.9 Å². The lowest BCUT2D eigenvalue weighted by Gasteiger charge is -2.15. The van der Waals surface area contributed by atoms with Crippen molar-refractivity contribution in [2.75, 3.05) is 6.61 Å². The highest BCUT2D eigenvalue weighted by molar-refractivity contribution is 9.10. The summed E-state index contributed by atoms with van der Waals surface area (Å²) in [5.74, 6) is 0.213. The molecule has 100 valence electrons. The fourth-order valence-electron chi connectivity index (χ4n) is 1.24. The average Bonchev–Trinajstić information content (AvgIpc) is 2.32. The van der Waals surface area contributed by atoms with E-state index < -0.39 is 6.10 Å². The lowest BCUT2D eigenvalue weighted by atomic mass is 10.3. The van der Waals surface area contributed by atoms with Crippen LogP contribution in [0.2, 0.25) is 5.02 Å². The molecule has 1 aromatic rings. The van der Waals surface area contributed by atoms with Crippen LogP contribution >= 0.6 is 27.5 Å². The van der Waals surface area contributed by atoms with Crippen molar-refractivity contribution in [2.24, 2.45) is 0 Å². The van der Waals surface area contributed by atoms with Crippen LogP contribution in [0.3, 0.4) is 0 Å². The summed E-state index contributed by atoms with van der Waals surface area (Å²) in [5, 5.41) is 0.604. The lowest BCUT2D eigenvalue weighted by Crippen LogP contribution is -2.26. The van der Waals surface area contributed by atoms with E-state index in [2.05, 4.69) is 15.9 Å². The van der Waals surface area contributed by atoms with Crippen LogP contribution in [0, 0.1) is 0 Å². The Labute approximate surface area is 121 Å². The number of hydrogen-bond donors (Lipinski definition) is 0. The SMILES string of the molecule is CCCCOC(=O)C(C)Oc1ccc(Cl)cc1Br. The molecule has 1 atom stereocenters. The van der Waals surface area contributed by atoms with Crippen LogP contribution < -0.4 is 4.74 Å². The van der Waals surface area contributed by atoms with Crippen molar-refractivity contribution < 1.29 is 14.3 Å². The summed E-state index contributed by atoms with van der Waals surface area (Å²) >= 11 is 9.15. The molecule has 0 bridgehead atoms. The van der Waals surface area contributed by atoms with Gasteiger partial charge < -0.3 is 9.47 Å². The summed E-state index contributed by atoms with van der Waals surface area (Å²) in [6.07, 6.45) is 1.22. The largest absolute Gasteiger partial charge is 0.478 e. The monoisotopic (exact) mass is 334 g/mol. The van der Waals surface area contributed by atoms with Crippen molar-refractivity contribution in [3.8, 4) is 5.75 Å². The second kappa shape index (κ2) is 7.64. The number of benzene rings is 1. The summed E-state index contributed by atoms with van der Waals surface area (Å²) < 4.78 is 11.3. The molecule has 0 spiro atoms. The molecule has 0 N–H and O–H groups in total. The van der Waals surface area contributed by atoms with Crippen molar-refractivity contribution in [2.45, 2.75) is 32.8 Å². The van der Waals surface area contributed by atoms with Gasteiger partial charge in [0.15, 0.2) is 6.10 Å². The third-order valence-electron chi connectivity index (χ3n) is 2.27. The molecular formula is C13H16BrClO3. The first-order valence-electron chi connectivity index (χ1n) is 5.83.